The lowest BCUT2D eigenvalue weighted by molar-refractivity contribution is -0.0119. The zero-order chi connectivity index (χ0) is 13.0. The number of hydrogen-bond acceptors (Lipinski definition) is 7. The maximum atomic E-state index is 9.61. The Morgan fingerprint density at radius 3 is 2.94 bits per heavy atom. The molecule has 3 N–H and O–H groups in total. The quantitative estimate of drug-likeness (QED) is 0.720. The molecule has 1 saturated carbocycles. The Hall–Kier alpha value is -0.760. The van der Waals surface area contributed by atoms with Crippen LogP contribution < -0.4 is 5.32 Å². The molecule has 0 spiro atoms. The summed E-state index contributed by atoms with van der Waals surface area (Å²) in [5, 5.41) is 23.1. The predicted molar refractivity (Wildman–Crippen MR) is 68.8 cm³/mol. The molecule has 102 valence electrons. The number of nitrogens with zero attached hydrogens (tertiary/aromatic N) is 2. The highest BCUT2D eigenvalue weighted by Crippen LogP contribution is 2.23. The summed E-state index contributed by atoms with van der Waals surface area (Å²) in [6.45, 7) is 0.616. The Labute approximate surface area is 110 Å². The van der Waals surface area contributed by atoms with E-state index in [2.05, 4.69) is 14.7 Å². The summed E-state index contributed by atoms with van der Waals surface area (Å²) in [5.74, 6) is 0.778. The number of nitrogens with one attached hydrogen (secondary N) is 1. The molecule has 2 rings (SSSR count). The fourth-order valence-corrected chi connectivity index (χ4v) is 2.73. The van der Waals surface area contributed by atoms with Crippen LogP contribution in [0.25, 0.3) is 0 Å². The van der Waals surface area contributed by atoms with Gasteiger partial charge in [0.15, 0.2) is 0 Å². The normalized spacial score (nSPS) is 28.3. The van der Waals surface area contributed by atoms with E-state index in [-0.39, 0.29) is 6.04 Å². The standard InChI is InChI=1S/C11H19N3O3S/c1-17-5-4-10-13-11(18-14-10)12-7-2-3-8(15)9(16)6-7/h7-9,15-16H,2-6H2,1H3,(H,12,13,14)/t7?,8-,9+/m1/s1. The van der Waals surface area contributed by atoms with E-state index in [1.165, 1.54) is 11.5 Å². The van der Waals surface area contributed by atoms with E-state index >= 15 is 0 Å². The molecule has 0 bridgehead atoms. The summed E-state index contributed by atoms with van der Waals surface area (Å²) in [6.07, 6.45) is 1.49. The Bertz CT molecular complexity index is 374. The molecule has 1 unspecified atom stereocenters. The highest BCUT2D eigenvalue weighted by atomic mass is 32.1. The van der Waals surface area contributed by atoms with Gasteiger partial charge in [-0.05, 0) is 19.3 Å². The van der Waals surface area contributed by atoms with Gasteiger partial charge in [-0.15, -0.1) is 0 Å². The largest absolute Gasteiger partial charge is 0.390 e. The Morgan fingerprint density at radius 2 is 2.22 bits per heavy atom. The molecule has 1 fully saturated rings. The maximum Gasteiger partial charge on any atom is 0.202 e. The molecule has 0 amide bonds. The second-order valence-corrected chi connectivity index (χ2v) is 5.30. The van der Waals surface area contributed by atoms with Crippen LogP contribution in [-0.4, -0.2) is 51.5 Å². The monoisotopic (exact) mass is 273 g/mol. The van der Waals surface area contributed by atoms with Crippen LogP contribution in [0.5, 0.6) is 0 Å². The number of rotatable bonds is 5. The van der Waals surface area contributed by atoms with Gasteiger partial charge in [0.2, 0.25) is 5.13 Å². The first kappa shape index (κ1) is 13.7. The number of ether oxygens (including phenoxy) is 1. The van der Waals surface area contributed by atoms with Crippen LogP contribution in [0.15, 0.2) is 0 Å². The van der Waals surface area contributed by atoms with Crippen molar-refractivity contribution >= 4 is 16.7 Å². The molecule has 3 atom stereocenters. The third-order valence-corrected chi connectivity index (χ3v) is 3.79. The average molecular weight is 273 g/mol. The number of methoxy groups -OCH3 is 1. The van der Waals surface area contributed by atoms with Gasteiger partial charge >= 0.3 is 0 Å². The lowest BCUT2D eigenvalue weighted by Crippen LogP contribution is -2.39. The Morgan fingerprint density at radius 1 is 1.39 bits per heavy atom. The first-order valence-electron chi connectivity index (χ1n) is 6.13. The van der Waals surface area contributed by atoms with Crippen LogP contribution in [0.3, 0.4) is 0 Å². The lowest BCUT2D eigenvalue weighted by Gasteiger charge is -2.30. The molecule has 1 heterocycles. The summed E-state index contributed by atoms with van der Waals surface area (Å²) in [6, 6.07) is 0.159. The molecule has 1 aromatic rings. The summed E-state index contributed by atoms with van der Waals surface area (Å²) in [7, 11) is 1.65. The Kier molecular flexibility index (Phi) is 4.87. The van der Waals surface area contributed by atoms with Crippen molar-refractivity contribution in [2.75, 3.05) is 19.0 Å². The van der Waals surface area contributed by atoms with Gasteiger partial charge in [0, 0.05) is 31.1 Å². The van der Waals surface area contributed by atoms with Gasteiger partial charge in [0.1, 0.15) is 5.82 Å². The minimum Gasteiger partial charge on any atom is -0.390 e. The third-order valence-electron chi connectivity index (χ3n) is 3.11. The second-order valence-electron chi connectivity index (χ2n) is 4.55. The topological polar surface area (TPSA) is 87.5 Å². The molecular weight excluding hydrogens is 254 g/mol. The van der Waals surface area contributed by atoms with Crippen molar-refractivity contribution < 1.29 is 14.9 Å². The average Bonchev–Trinajstić information content (AvgIpc) is 2.79. The zero-order valence-corrected chi connectivity index (χ0v) is 11.2. The van der Waals surface area contributed by atoms with Crippen LogP contribution in [0, 0.1) is 0 Å². The third kappa shape index (κ3) is 3.61. The number of aliphatic hydroxyl groups is 2. The van der Waals surface area contributed by atoms with Gasteiger partial charge in [-0.3, -0.25) is 0 Å². The SMILES string of the molecule is COCCc1nsc(NC2CC[C@@H](O)[C@@H](O)C2)n1. The van der Waals surface area contributed by atoms with Crippen molar-refractivity contribution in [1.82, 2.24) is 9.36 Å². The first-order valence-corrected chi connectivity index (χ1v) is 6.90. The lowest BCUT2D eigenvalue weighted by atomic mass is 9.91. The number of aromatic nitrogens is 2. The molecule has 7 heteroatoms. The number of aliphatic hydroxyl groups excluding tert-OH is 2. The van der Waals surface area contributed by atoms with Gasteiger partial charge in [0.05, 0.1) is 18.8 Å². The molecule has 1 aliphatic carbocycles. The summed E-state index contributed by atoms with van der Waals surface area (Å²) >= 11 is 1.32. The van der Waals surface area contributed by atoms with Gasteiger partial charge in [0.25, 0.3) is 0 Å². The van der Waals surface area contributed by atoms with Crippen LogP contribution in [0.4, 0.5) is 5.13 Å². The fraction of sp³-hybridized carbons (Fsp3) is 0.818. The van der Waals surface area contributed by atoms with E-state index in [4.69, 9.17) is 4.74 Å². The fourth-order valence-electron chi connectivity index (χ4n) is 2.04. The number of hydrogen-bond donors (Lipinski definition) is 3. The van der Waals surface area contributed by atoms with Crippen LogP contribution in [-0.2, 0) is 11.2 Å². The second kappa shape index (κ2) is 6.42. The summed E-state index contributed by atoms with van der Waals surface area (Å²) in [5.41, 5.74) is 0. The van der Waals surface area contributed by atoms with Gasteiger partial charge in [-0.25, -0.2) is 4.98 Å². The predicted octanol–water partition coefficient (Wildman–Crippen LogP) is 0.413. The van der Waals surface area contributed by atoms with Gasteiger partial charge < -0.3 is 20.3 Å². The van der Waals surface area contributed by atoms with Crippen LogP contribution in [0.2, 0.25) is 0 Å². The molecule has 1 aliphatic rings. The van der Waals surface area contributed by atoms with Gasteiger partial charge in [-0.1, -0.05) is 0 Å². The van der Waals surface area contributed by atoms with Crippen molar-refractivity contribution in [2.24, 2.45) is 0 Å². The molecule has 0 radical (unpaired) electrons. The van der Waals surface area contributed by atoms with Gasteiger partial charge in [-0.2, -0.15) is 4.37 Å². The molecule has 1 aromatic heterocycles. The van der Waals surface area contributed by atoms with E-state index < -0.39 is 12.2 Å². The highest BCUT2D eigenvalue weighted by molar-refractivity contribution is 7.09. The van der Waals surface area contributed by atoms with Crippen LogP contribution in [0.1, 0.15) is 25.1 Å². The van der Waals surface area contributed by atoms with Crippen molar-refractivity contribution in [3.63, 3.8) is 0 Å². The van der Waals surface area contributed by atoms with E-state index in [1.54, 1.807) is 7.11 Å². The molecule has 0 aliphatic heterocycles. The van der Waals surface area contributed by atoms with Crippen LogP contribution >= 0.6 is 11.5 Å². The van der Waals surface area contributed by atoms with Crippen molar-refractivity contribution in [3.05, 3.63) is 5.82 Å². The number of anilines is 1. The summed E-state index contributed by atoms with van der Waals surface area (Å²) < 4.78 is 9.20. The van der Waals surface area contributed by atoms with E-state index in [1.807, 2.05) is 0 Å². The van der Waals surface area contributed by atoms with Crippen molar-refractivity contribution in [2.45, 2.75) is 43.9 Å². The maximum absolute atomic E-state index is 9.61. The smallest absolute Gasteiger partial charge is 0.202 e. The minimum absolute atomic E-state index is 0.159. The van der Waals surface area contributed by atoms with E-state index in [0.29, 0.717) is 25.9 Å². The minimum atomic E-state index is -0.642. The molecule has 18 heavy (non-hydrogen) atoms. The van der Waals surface area contributed by atoms with Crippen molar-refractivity contribution in [3.8, 4) is 0 Å². The summed E-state index contributed by atoms with van der Waals surface area (Å²) in [4.78, 5) is 4.36. The zero-order valence-electron chi connectivity index (χ0n) is 10.4. The van der Waals surface area contributed by atoms with E-state index in [9.17, 15) is 10.2 Å². The molecule has 0 saturated heterocycles. The van der Waals surface area contributed by atoms with E-state index in [0.717, 1.165) is 17.4 Å². The van der Waals surface area contributed by atoms with Crippen molar-refractivity contribution in [1.29, 1.82) is 0 Å². The highest BCUT2D eigenvalue weighted by Gasteiger charge is 2.27. The molecule has 0 aromatic carbocycles. The first-order chi connectivity index (χ1) is 8.69. The Balaban J connectivity index is 1.84. The molecule has 6 nitrogen and oxygen atoms in total. The molecular formula is C11H19N3O3S.